The van der Waals surface area contributed by atoms with Gasteiger partial charge in [-0.3, -0.25) is 0 Å². The third-order valence-corrected chi connectivity index (χ3v) is 3.10. The highest BCUT2D eigenvalue weighted by Crippen LogP contribution is 2.23. The maximum atomic E-state index is 12.8. The van der Waals surface area contributed by atoms with E-state index in [9.17, 15) is 4.39 Å². The molecule has 3 aromatic rings. The van der Waals surface area contributed by atoms with Gasteiger partial charge in [-0.2, -0.15) is 4.98 Å². The minimum atomic E-state index is -0.299. The van der Waals surface area contributed by atoms with E-state index in [1.54, 1.807) is 18.2 Å². The van der Waals surface area contributed by atoms with E-state index >= 15 is 0 Å². The summed E-state index contributed by atoms with van der Waals surface area (Å²) in [6.07, 6.45) is 1.64. The van der Waals surface area contributed by atoms with Gasteiger partial charge in [0.15, 0.2) is 0 Å². The predicted octanol–water partition coefficient (Wildman–Crippen LogP) is 4.61. The molecular formula is C16H10ClFN2O. The summed E-state index contributed by atoms with van der Waals surface area (Å²) in [5, 5.41) is 4.19. The topological polar surface area (TPSA) is 38.9 Å². The molecule has 0 fully saturated rings. The van der Waals surface area contributed by atoms with Gasteiger partial charge in [0.2, 0.25) is 5.82 Å². The van der Waals surface area contributed by atoms with Crippen LogP contribution in [0.4, 0.5) is 4.39 Å². The van der Waals surface area contributed by atoms with Crippen molar-refractivity contribution >= 4 is 22.7 Å². The summed E-state index contributed by atoms with van der Waals surface area (Å²) in [5.41, 5.74) is 1.60. The molecule has 104 valence electrons. The molecule has 5 heteroatoms. The monoisotopic (exact) mass is 300 g/mol. The molecule has 0 saturated carbocycles. The average molecular weight is 301 g/mol. The van der Waals surface area contributed by atoms with Gasteiger partial charge < -0.3 is 4.52 Å². The van der Waals surface area contributed by atoms with Crippen LogP contribution in [-0.4, -0.2) is 10.1 Å². The lowest BCUT2D eigenvalue weighted by atomic mass is 10.2. The molecule has 2 aromatic carbocycles. The van der Waals surface area contributed by atoms with Crippen LogP contribution in [0.3, 0.4) is 0 Å². The average Bonchev–Trinajstić information content (AvgIpc) is 3.00. The zero-order valence-electron chi connectivity index (χ0n) is 10.8. The Morgan fingerprint density at radius 3 is 2.48 bits per heavy atom. The third-order valence-electron chi connectivity index (χ3n) is 2.83. The van der Waals surface area contributed by atoms with Crippen LogP contribution in [0.2, 0.25) is 0 Å². The normalized spacial score (nSPS) is 11.6. The SMILES string of the molecule is Fc1ccc(/C=C(\Cl)c2nc(-c3ccccc3)no2)cc1. The molecule has 1 heterocycles. The first-order valence-electron chi connectivity index (χ1n) is 6.24. The van der Waals surface area contributed by atoms with Gasteiger partial charge in [0, 0.05) is 5.56 Å². The first kappa shape index (κ1) is 13.5. The molecule has 0 aliphatic carbocycles. The lowest BCUT2D eigenvalue weighted by Gasteiger charge is -1.94. The number of hydrogen-bond donors (Lipinski definition) is 0. The highest BCUT2D eigenvalue weighted by molar-refractivity contribution is 6.50. The van der Waals surface area contributed by atoms with E-state index < -0.39 is 0 Å². The Labute approximate surface area is 125 Å². The molecule has 3 rings (SSSR count). The van der Waals surface area contributed by atoms with Crippen LogP contribution >= 0.6 is 11.6 Å². The number of rotatable bonds is 3. The van der Waals surface area contributed by atoms with Crippen molar-refractivity contribution in [3.63, 3.8) is 0 Å². The first-order valence-corrected chi connectivity index (χ1v) is 6.62. The molecule has 21 heavy (non-hydrogen) atoms. The molecule has 3 nitrogen and oxygen atoms in total. The Balaban J connectivity index is 1.87. The smallest absolute Gasteiger partial charge is 0.269 e. The van der Waals surface area contributed by atoms with Gasteiger partial charge >= 0.3 is 0 Å². The van der Waals surface area contributed by atoms with Crippen LogP contribution < -0.4 is 0 Å². The lowest BCUT2D eigenvalue weighted by Crippen LogP contribution is -1.81. The Morgan fingerprint density at radius 2 is 1.76 bits per heavy atom. The zero-order chi connectivity index (χ0) is 14.7. The molecular weight excluding hydrogens is 291 g/mol. The molecule has 0 N–H and O–H groups in total. The summed E-state index contributed by atoms with van der Waals surface area (Å²) in [6.45, 7) is 0. The van der Waals surface area contributed by atoms with Crippen molar-refractivity contribution in [2.45, 2.75) is 0 Å². The quantitative estimate of drug-likeness (QED) is 0.709. The molecule has 1 aromatic heterocycles. The molecule has 0 atom stereocenters. The summed E-state index contributed by atoms with van der Waals surface area (Å²) >= 11 is 6.15. The fourth-order valence-electron chi connectivity index (χ4n) is 1.79. The Hall–Kier alpha value is -2.46. The molecule has 0 radical (unpaired) electrons. The maximum absolute atomic E-state index is 12.8. The van der Waals surface area contributed by atoms with Crippen LogP contribution in [0.15, 0.2) is 59.1 Å². The van der Waals surface area contributed by atoms with Crippen molar-refractivity contribution in [3.8, 4) is 11.4 Å². The summed E-state index contributed by atoms with van der Waals surface area (Å²) < 4.78 is 18.0. The minimum Gasteiger partial charge on any atom is -0.333 e. The highest BCUT2D eigenvalue weighted by atomic mass is 35.5. The molecule has 0 aliphatic heterocycles. The Bertz CT molecular complexity index is 766. The van der Waals surface area contributed by atoms with Crippen molar-refractivity contribution in [2.75, 3.05) is 0 Å². The van der Waals surface area contributed by atoms with Gasteiger partial charge in [-0.1, -0.05) is 59.2 Å². The van der Waals surface area contributed by atoms with Crippen LogP contribution in [0.5, 0.6) is 0 Å². The van der Waals surface area contributed by atoms with Gasteiger partial charge in [0.25, 0.3) is 5.89 Å². The molecule has 0 saturated heterocycles. The number of nitrogens with zero attached hydrogens (tertiary/aromatic N) is 2. The maximum Gasteiger partial charge on any atom is 0.269 e. The summed E-state index contributed by atoms with van der Waals surface area (Å²) in [7, 11) is 0. The van der Waals surface area contributed by atoms with Crippen molar-refractivity contribution in [1.29, 1.82) is 0 Å². The summed E-state index contributed by atoms with van der Waals surface area (Å²) in [5.74, 6) is 0.392. The number of benzene rings is 2. The fraction of sp³-hybridized carbons (Fsp3) is 0. The number of aromatic nitrogens is 2. The van der Waals surface area contributed by atoms with Gasteiger partial charge in [0.05, 0.1) is 0 Å². The molecule has 0 aliphatic rings. The third kappa shape index (κ3) is 3.17. The van der Waals surface area contributed by atoms with Crippen LogP contribution in [0.25, 0.3) is 22.5 Å². The second-order valence-electron chi connectivity index (χ2n) is 4.33. The van der Waals surface area contributed by atoms with E-state index in [1.807, 2.05) is 30.3 Å². The van der Waals surface area contributed by atoms with E-state index in [-0.39, 0.29) is 11.7 Å². The number of halogens is 2. The predicted molar refractivity (Wildman–Crippen MR) is 79.9 cm³/mol. The van der Waals surface area contributed by atoms with E-state index in [0.717, 1.165) is 11.1 Å². The minimum absolute atomic E-state index is 0.222. The molecule has 0 bridgehead atoms. The second-order valence-corrected chi connectivity index (χ2v) is 4.74. The van der Waals surface area contributed by atoms with Crippen molar-refractivity contribution < 1.29 is 8.91 Å². The van der Waals surface area contributed by atoms with E-state index in [2.05, 4.69) is 10.1 Å². The van der Waals surface area contributed by atoms with Crippen LogP contribution in [0, 0.1) is 5.82 Å². The Morgan fingerprint density at radius 1 is 1.05 bits per heavy atom. The van der Waals surface area contributed by atoms with Crippen LogP contribution in [-0.2, 0) is 0 Å². The van der Waals surface area contributed by atoms with Gasteiger partial charge in [-0.15, -0.1) is 0 Å². The standard InChI is InChI=1S/C16H10ClFN2O/c17-14(10-11-6-8-13(18)9-7-11)16-19-15(20-21-16)12-4-2-1-3-5-12/h1-10H/b14-10-. The fourth-order valence-corrected chi connectivity index (χ4v) is 1.99. The Kier molecular flexibility index (Phi) is 3.79. The first-order chi connectivity index (χ1) is 10.2. The van der Waals surface area contributed by atoms with E-state index in [0.29, 0.717) is 10.9 Å². The van der Waals surface area contributed by atoms with Gasteiger partial charge in [-0.25, -0.2) is 4.39 Å². The van der Waals surface area contributed by atoms with Gasteiger partial charge in [0.1, 0.15) is 10.8 Å². The van der Waals surface area contributed by atoms with E-state index in [1.165, 1.54) is 12.1 Å². The van der Waals surface area contributed by atoms with Crippen molar-refractivity contribution in [2.24, 2.45) is 0 Å². The van der Waals surface area contributed by atoms with Crippen LogP contribution in [0.1, 0.15) is 11.5 Å². The van der Waals surface area contributed by atoms with Gasteiger partial charge in [-0.05, 0) is 23.8 Å². The molecule has 0 unspecified atom stereocenters. The molecule has 0 amide bonds. The van der Waals surface area contributed by atoms with E-state index in [4.69, 9.17) is 16.1 Å². The largest absolute Gasteiger partial charge is 0.333 e. The lowest BCUT2D eigenvalue weighted by molar-refractivity contribution is 0.410. The summed E-state index contributed by atoms with van der Waals surface area (Å²) in [6, 6.07) is 15.4. The molecule has 0 spiro atoms. The van der Waals surface area contributed by atoms with Crippen molar-refractivity contribution in [3.05, 3.63) is 71.9 Å². The zero-order valence-corrected chi connectivity index (χ0v) is 11.6. The summed E-state index contributed by atoms with van der Waals surface area (Å²) in [4.78, 5) is 4.24. The second kappa shape index (κ2) is 5.89. The highest BCUT2D eigenvalue weighted by Gasteiger charge is 2.11. The number of hydrogen-bond acceptors (Lipinski definition) is 3. The van der Waals surface area contributed by atoms with Crippen molar-refractivity contribution in [1.82, 2.24) is 10.1 Å².